The van der Waals surface area contributed by atoms with E-state index in [9.17, 15) is 8.42 Å². The van der Waals surface area contributed by atoms with Crippen molar-refractivity contribution in [3.63, 3.8) is 0 Å². The van der Waals surface area contributed by atoms with Crippen LogP contribution >= 0.6 is 0 Å². The number of unbranched alkanes of at least 4 members (excludes halogenated alkanes) is 33. The Hall–Kier alpha value is -0.210. The van der Waals surface area contributed by atoms with Crippen molar-refractivity contribution in [3.8, 4) is 0 Å². The first-order chi connectivity index (χ1) is 26.9. The van der Waals surface area contributed by atoms with E-state index < -0.39 is 16.5 Å². The monoisotopic (exact) mass is 805 g/mol. The first-order valence-corrected chi connectivity index (χ1v) is 26.1. The zero-order chi connectivity index (χ0) is 40.6. The van der Waals surface area contributed by atoms with Gasteiger partial charge in [0.05, 0.1) is 6.10 Å². The summed E-state index contributed by atoms with van der Waals surface area (Å²) in [5.74, 6) is 0. The minimum Gasteiger partial charge on any atom is -0.381 e. The molecule has 0 aromatic rings. The fourth-order valence-electron chi connectivity index (χ4n) is 7.24. The van der Waals surface area contributed by atoms with Crippen LogP contribution in [-0.4, -0.2) is 45.5 Å². The molecule has 0 aliphatic carbocycles. The molecular formula is C48H100O6S. The summed E-state index contributed by atoms with van der Waals surface area (Å²) in [6.07, 6.45) is 50.0. The highest BCUT2D eigenvalue weighted by Gasteiger charge is 2.17. The lowest BCUT2D eigenvalue weighted by Gasteiger charge is -2.15. The van der Waals surface area contributed by atoms with Crippen molar-refractivity contribution in [3.05, 3.63) is 0 Å². The van der Waals surface area contributed by atoms with E-state index in [1.807, 2.05) is 0 Å². The highest BCUT2D eigenvalue weighted by Crippen LogP contribution is 2.16. The van der Waals surface area contributed by atoms with Gasteiger partial charge in [-0.2, -0.15) is 8.42 Å². The second-order valence-corrected chi connectivity index (χ2v) is 17.7. The summed E-state index contributed by atoms with van der Waals surface area (Å²) in [5.41, 5.74) is 0. The Balaban J connectivity index is 0. The van der Waals surface area contributed by atoms with Crippen molar-refractivity contribution >= 4 is 10.4 Å². The molecule has 1 unspecified atom stereocenters. The minimum atomic E-state index is -4.40. The van der Waals surface area contributed by atoms with Crippen molar-refractivity contribution in [2.75, 3.05) is 26.4 Å². The highest BCUT2D eigenvalue weighted by molar-refractivity contribution is 7.80. The summed E-state index contributed by atoms with van der Waals surface area (Å²) < 4.78 is 47.4. The van der Waals surface area contributed by atoms with Crippen LogP contribution in [-0.2, 0) is 24.1 Å². The van der Waals surface area contributed by atoms with E-state index in [-0.39, 0.29) is 0 Å². The zero-order valence-corrected chi connectivity index (χ0v) is 38.7. The van der Waals surface area contributed by atoms with Crippen LogP contribution in [0, 0.1) is 0 Å². The molecule has 0 amide bonds. The summed E-state index contributed by atoms with van der Waals surface area (Å²) in [4.78, 5) is 0. The van der Waals surface area contributed by atoms with Gasteiger partial charge >= 0.3 is 10.4 Å². The summed E-state index contributed by atoms with van der Waals surface area (Å²) in [6.45, 7) is 12.2. The van der Waals surface area contributed by atoms with Gasteiger partial charge in [-0.05, 0) is 32.1 Å². The summed E-state index contributed by atoms with van der Waals surface area (Å²) in [6, 6.07) is 0. The molecule has 0 saturated carbocycles. The molecule has 0 spiro atoms. The standard InChI is InChI=1S/C24H50O5S.C24H50O/c1-3-5-7-9-11-12-13-15-17-19-22-28-23-21-24(29-30(25,26)27)20-18-16-14-10-8-6-4-2;1-3-5-7-9-11-13-15-17-19-21-23-25-24-22-20-18-16-14-12-10-8-6-4-2/h24H,3-23H2,1-2H3,(H,25,26,27);3-24H2,1-2H3. The number of hydrogen-bond donors (Lipinski definition) is 1. The van der Waals surface area contributed by atoms with Gasteiger partial charge in [0.15, 0.2) is 0 Å². The molecular weight excluding hydrogens is 705 g/mol. The second-order valence-electron chi connectivity index (χ2n) is 16.6. The number of hydrogen-bond acceptors (Lipinski definition) is 5. The molecule has 1 N–H and O–H groups in total. The molecule has 0 aromatic heterocycles. The molecule has 6 nitrogen and oxygen atoms in total. The maximum Gasteiger partial charge on any atom is 0.397 e. The number of rotatable bonds is 46. The van der Waals surface area contributed by atoms with Crippen LogP contribution < -0.4 is 0 Å². The predicted molar refractivity (Wildman–Crippen MR) is 241 cm³/mol. The lowest BCUT2D eigenvalue weighted by atomic mass is 10.1. The van der Waals surface area contributed by atoms with Gasteiger partial charge in [0.1, 0.15) is 0 Å². The third kappa shape index (κ3) is 55.9. The summed E-state index contributed by atoms with van der Waals surface area (Å²) in [5, 5.41) is 0. The normalized spacial score (nSPS) is 12.2. The van der Waals surface area contributed by atoms with Crippen LogP contribution in [0.5, 0.6) is 0 Å². The van der Waals surface area contributed by atoms with Crippen LogP contribution in [0.4, 0.5) is 0 Å². The average molecular weight is 805 g/mol. The van der Waals surface area contributed by atoms with E-state index in [0.29, 0.717) is 26.1 Å². The maximum absolute atomic E-state index is 11.1. The van der Waals surface area contributed by atoms with Gasteiger partial charge in [0.25, 0.3) is 0 Å². The van der Waals surface area contributed by atoms with Gasteiger partial charge in [-0.3, -0.25) is 4.55 Å². The van der Waals surface area contributed by atoms with Gasteiger partial charge in [-0.15, -0.1) is 0 Å². The molecule has 7 heteroatoms. The van der Waals surface area contributed by atoms with Gasteiger partial charge in [-0.1, -0.05) is 246 Å². The molecule has 0 bridgehead atoms. The van der Waals surface area contributed by atoms with Gasteiger partial charge in [0.2, 0.25) is 0 Å². The van der Waals surface area contributed by atoms with Crippen molar-refractivity contribution in [2.45, 2.75) is 284 Å². The Bertz CT molecular complexity index is 754. The number of ether oxygens (including phenoxy) is 2. The molecule has 0 fully saturated rings. The predicted octanol–water partition coefficient (Wildman–Crippen LogP) is 16.5. The third-order valence-corrected chi connectivity index (χ3v) is 11.4. The average Bonchev–Trinajstić information content (AvgIpc) is 3.16. The molecule has 334 valence electrons. The minimum absolute atomic E-state index is 0.480. The first-order valence-electron chi connectivity index (χ1n) is 24.7. The van der Waals surface area contributed by atoms with Crippen LogP contribution in [0.3, 0.4) is 0 Å². The SMILES string of the molecule is CCCCCCCCCCCCOCCC(CCCCCCCCC)OS(=O)(=O)O.CCCCCCCCCCCCOCCCCCCCCCCCC. The largest absolute Gasteiger partial charge is 0.397 e. The Morgan fingerprint density at radius 1 is 0.327 bits per heavy atom. The molecule has 0 aliphatic rings. The first kappa shape index (κ1) is 56.9. The van der Waals surface area contributed by atoms with Gasteiger partial charge < -0.3 is 9.47 Å². The molecule has 1 atom stereocenters. The Labute approximate surface area is 346 Å². The van der Waals surface area contributed by atoms with E-state index in [1.54, 1.807) is 0 Å². The van der Waals surface area contributed by atoms with E-state index in [0.717, 1.165) is 32.5 Å². The quantitative estimate of drug-likeness (QED) is 0.0487. The lowest BCUT2D eigenvalue weighted by molar-refractivity contribution is 0.0826. The zero-order valence-electron chi connectivity index (χ0n) is 37.9. The molecule has 0 rings (SSSR count). The second kappa shape index (κ2) is 49.9. The van der Waals surface area contributed by atoms with Gasteiger partial charge in [-0.25, -0.2) is 4.18 Å². The fourth-order valence-corrected chi connectivity index (χ4v) is 7.77. The van der Waals surface area contributed by atoms with Crippen molar-refractivity contribution in [1.29, 1.82) is 0 Å². The van der Waals surface area contributed by atoms with Crippen LogP contribution in [0.1, 0.15) is 278 Å². The smallest absolute Gasteiger partial charge is 0.381 e. The van der Waals surface area contributed by atoms with E-state index in [4.69, 9.17) is 18.2 Å². The van der Waals surface area contributed by atoms with E-state index in [1.165, 1.54) is 218 Å². The summed E-state index contributed by atoms with van der Waals surface area (Å²) >= 11 is 0. The Kier molecular flexibility index (Phi) is 51.6. The molecule has 0 saturated heterocycles. The maximum atomic E-state index is 11.1. The topological polar surface area (TPSA) is 82.1 Å². The van der Waals surface area contributed by atoms with E-state index in [2.05, 4.69) is 27.7 Å². The Morgan fingerprint density at radius 2 is 0.564 bits per heavy atom. The van der Waals surface area contributed by atoms with E-state index >= 15 is 0 Å². The fraction of sp³-hybridized carbons (Fsp3) is 1.00. The van der Waals surface area contributed by atoms with Gasteiger partial charge in [0, 0.05) is 26.4 Å². The molecule has 0 heterocycles. The highest BCUT2D eigenvalue weighted by atomic mass is 32.3. The lowest BCUT2D eigenvalue weighted by Crippen LogP contribution is -2.20. The third-order valence-electron chi connectivity index (χ3n) is 10.9. The molecule has 0 aromatic carbocycles. The molecule has 0 aliphatic heterocycles. The van der Waals surface area contributed by atoms with Crippen LogP contribution in [0.25, 0.3) is 0 Å². The van der Waals surface area contributed by atoms with Crippen LogP contribution in [0.2, 0.25) is 0 Å². The molecule has 0 radical (unpaired) electrons. The van der Waals surface area contributed by atoms with Crippen molar-refractivity contribution in [1.82, 2.24) is 0 Å². The Morgan fingerprint density at radius 3 is 0.836 bits per heavy atom. The van der Waals surface area contributed by atoms with Crippen molar-refractivity contribution < 1.29 is 26.6 Å². The van der Waals surface area contributed by atoms with Crippen molar-refractivity contribution in [2.24, 2.45) is 0 Å². The molecule has 55 heavy (non-hydrogen) atoms. The summed E-state index contributed by atoms with van der Waals surface area (Å²) in [7, 11) is -4.40. The van der Waals surface area contributed by atoms with Crippen LogP contribution in [0.15, 0.2) is 0 Å².